The Morgan fingerprint density at radius 3 is 2.18 bits per heavy atom. The number of ether oxygens (including phenoxy) is 1. The molecular formula is C28H29F3N4O3S. The quantitative estimate of drug-likeness (QED) is 0.433. The molecule has 0 radical (unpaired) electrons. The van der Waals surface area contributed by atoms with Crippen LogP contribution in [0.15, 0.2) is 53.9 Å². The van der Waals surface area contributed by atoms with E-state index in [1.807, 2.05) is 29.2 Å². The second-order valence-electron chi connectivity index (χ2n) is 9.66. The molecule has 0 spiro atoms. The molecule has 206 valence electrons. The molecule has 2 amide bonds. The molecule has 0 aliphatic carbocycles. The van der Waals surface area contributed by atoms with E-state index in [1.165, 1.54) is 34.4 Å². The van der Waals surface area contributed by atoms with Crippen LogP contribution in [-0.2, 0) is 6.18 Å². The van der Waals surface area contributed by atoms with Gasteiger partial charge >= 0.3 is 6.18 Å². The Morgan fingerprint density at radius 1 is 0.897 bits per heavy atom. The van der Waals surface area contributed by atoms with Crippen LogP contribution in [0.4, 0.5) is 18.9 Å². The largest absolute Gasteiger partial charge is 0.497 e. The van der Waals surface area contributed by atoms with Gasteiger partial charge in [-0.15, -0.1) is 11.3 Å². The molecule has 0 atom stereocenters. The van der Waals surface area contributed by atoms with E-state index in [2.05, 4.69) is 9.88 Å². The summed E-state index contributed by atoms with van der Waals surface area (Å²) in [5.74, 6) is 0.162. The molecule has 0 saturated carbocycles. The maximum atomic E-state index is 13.4. The standard InChI is InChI=1S/C28H29F3N4O3S/c1-38-21-8-6-20(7-9-21)33-14-16-35(17-15-33)27(37)24-18-39-25(32-24)19-10-12-34(13-11-19)26(36)22-4-2-3-5-23(22)28(29,30)31/h2-9,18-19H,10-17H2,1H3. The van der Waals surface area contributed by atoms with Crippen molar-refractivity contribution in [2.24, 2.45) is 0 Å². The van der Waals surface area contributed by atoms with Crippen LogP contribution >= 0.6 is 11.3 Å². The van der Waals surface area contributed by atoms with Crippen molar-refractivity contribution in [1.29, 1.82) is 0 Å². The first-order valence-corrected chi connectivity index (χ1v) is 13.7. The smallest absolute Gasteiger partial charge is 0.417 e. The number of hydrogen-bond donors (Lipinski definition) is 0. The highest BCUT2D eigenvalue weighted by molar-refractivity contribution is 7.09. The lowest BCUT2D eigenvalue weighted by Crippen LogP contribution is -2.48. The molecule has 2 saturated heterocycles. The van der Waals surface area contributed by atoms with Crippen molar-refractivity contribution in [3.05, 3.63) is 75.7 Å². The number of piperidine rings is 1. The van der Waals surface area contributed by atoms with E-state index in [0.29, 0.717) is 44.7 Å². The fraction of sp³-hybridized carbons (Fsp3) is 0.393. The summed E-state index contributed by atoms with van der Waals surface area (Å²) < 4.78 is 45.3. The Hall–Kier alpha value is -3.60. The molecule has 3 aromatic rings. The summed E-state index contributed by atoms with van der Waals surface area (Å²) in [5.41, 5.74) is 0.277. The number of piperazine rings is 1. The first-order chi connectivity index (χ1) is 18.7. The highest BCUT2D eigenvalue weighted by Crippen LogP contribution is 2.35. The first kappa shape index (κ1) is 27.0. The predicted molar refractivity (Wildman–Crippen MR) is 143 cm³/mol. The maximum absolute atomic E-state index is 13.4. The average molecular weight is 559 g/mol. The number of hydrogen-bond acceptors (Lipinski definition) is 6. The van der Waals surface area contributed by atoms with Gasteiger partial charge in [0.05, 0.1) is 23.2 Å². The third-order valence-corrected chi connectivity index (χ3v) is 8.35. The van der Waals surface area contributed by atoms with Gasteiger partial charge in [-0.1, -0.05) is 12.1 Å². The van der Waals surface area contributed by atoms with Crippen molar-refractivity contribution in [3.8, 4) is 5.75 Å². The van der Waals surface area contributed by atoms with E-state index in [0.717, 1.165) is 35.6 Å². The minimum Gasteiger partial charge on any atom is -0.497 e. The normalized spacial score (nSPS) is 16.9. The molecule has 11 heteroatoms. The fourth-order valence-corrected chi connectivity index (χ4v) is 6.08. The third-order valence-electron chi connectivity index (χ3n) is 7.34. The second kappa shape index (κ2) is 11.3. The topological polar surface area (TPSA) is 66.0 Å². The molecule has 2 aliphatic rings. The summed E-state index contributed by atoms with van der Waals surface area (Å²) in [4.78, 5) is 36.2. The fourth-order valence-electron chi connectivity index (χ4n) is 5.11. The number of anilines is 1. The van der Waals surface area contributed by atoms with Gasteiger partial charge in [0.1, 0.15) is 11.4 Å². The molecule has 0 N–H and O–H groups in total. The molecule has 7 nitrogen and oxygen atoms in total. The number of aromatic nitrogens is 1. The average Bonchev–Trinajstić information content (AvgIpc) is 3.47. The number of amides is 2. The van der Waals surface area contributed by atoms with Crippen LogP contribution in [0.2, 0.25) is 0 Å². The van der Waals surface area contributed by atoms with Crippen LogP contribution in [0, 0.1) is 0 Å². The lowest BCUT2D eigenvalue weighted by atomic mass is 9.96. The minimum absolute atomic E-state index is 0.0605. The zero-order chi connectivity index (χ0) is 27.6. The number of rotatable bonds is 5. The molecule has 39 heavy (non-hydrogen) atoms. The van der Waals surface area contributed by atoms with Gasteiger partial charge in [-0.2, -0.15) is 13.2 Å². The van der Waals surface area contributed by atoms with Crippen molar-refractivity contribution in [3.63, 3.8) is 0 Å². The highest BCUT2D eigenvalue weighted by Gasteiger charge is 2.37. The molecule has 0 bridgehead atoms. The summed E-state index contributed by atoms with van der Waals surface area (Å²) in [6.45, 7) is 3.31. The summed E-state index contributed by atoms with van der Waals surface area (Å²) in [6.07, 6.45) is -3.42. The summed E-state index contributed by atoms with van der Waals surface area (Å²) in [7, 11) is 1.63. The molecular weight excluding hydrogens is 529 g/mol. The molecule has 2 fully saturated rings. The van der Waals surface area contributed by atoms with Crippen LogP contribution in [0.3, 0.4) is 0 Å². The highest BCUT2D eigenvalue weighted by atomic mass is 32.1. The van der Waals surface area contributed by atoms with Crippen molar-refractivity contribution in [1.82, 2.24) is 14.8 Å². The number of halogens is 3. The number of likely N-dealkylation sites (tertiary alicyclic amines) is 1. The molecule has 5 rings (SSSR count). The van der Waals surface area contributed by atoms with E-state index in [4.69, 9.17) is 4.74 Å². The van der Waals surface area contributed by atoms with Crippen LogP contribution in [0.1, 0.15) is 50.2 Å². The van der Waals surface area contributed by atoms with Gasteiger partial charge in [0.25, 0.3) is 11.8 Å². The van der Waals surface area contributed by atoms with Crippen LogP contribution < -0.4 is 9.64 Å². The van der Waals surface area contributed by atoms with Gasteiger partial charge in [0, 0.05) is 56.3 Å². The molecule has 3 heterocycles. The number of nitrogens with zero attached hydrogens (tertiary/aromatic N) is 4. The zero-order valence-corrected chi connectivity index (χ0v) is 22.3. The Bertz CT molecular complexity index is 1310. The Kier molecular flexibility index (Phi) is 7.79. The van der Waals surface area contributed by atoms with Crippen molar-refractivity contribution in [2.45, 2.75) is 24.9 Å². The zero-order valence-electron chi connectivity index (χ0n) is 21.5. The Balaban J connectivity index is 1.15. The van der Waals surface area contributed by atoms with Crippen molar-refractivity contribution in [2.75, 3.05) is 51.3 Å². The number of methoxy groups -OCH3 is 1. The van der Waals surface area contributed by atoms with Gasteiger partial charge in [-0.05, 0) is 49.2 Å². The van der Waals surface area contributed by atoms with Crippen LogP contribution in [0.5, 0.6) is 5.75 Å². The maximum Gasteiger partial charge on any atom is 0.417 e. The van der Waals surface area contributed by atoms with Crippen molar-refractivity contribution < 1.29 is 27.5 Å². The summed E-state index contributed by atoms with van der Waals surface area (Å²) in [5, 5.41) is 2.61. The Labute approximate surface area is 228 Å². The monoisotopic (exact) mass is 558 g/mol. The predicted octanol–water partition coefficient (Wildman–Crippen LogP) is 5.15. The second-order valence-corrected chi connectivity index (χ2v) is 10.5. The number of benzene rings is 2. The third kappa shape index (κ3) is 5.88. The van der Waals surface area contributed by atoms with Gasteiger partial charge in [0.15, 0.2) is 0 Å². The van der Waals surface area contributed by atoms with E-state index >= 15 is 0 Å². The van der Waals surface area contributed by atoms with Gasteiger partial charge in [-0.25, -0.2) is 4.98 Å². The molecule has 1 aromatic heterocycles. The molecule has 2 aliphatic heterocycles. The number of carbonyl (C=O) groups excluding carboxylic acids is 2. The van der Waals surface area contributed by atoms with E-state index in [9.17, 15) is 22.8 Å². The lowest BCUT2D eigenvalue weighted by molar-refractivity contribution is -0.138. The van der Waals surface area contributed by atoms with E-state index < -0.39 is 17.6 Å². The number of carbonyl (C=O) groups is 2. The van der Waals surface area contributed by atoms with Gasteiger partial charge in [-0.3, -0.25) is 9.59 Å². The first-order valence-electron chi connectivity index (χ1n) is 12.8. The minimum atomic E-state index is -4.59. The molecule has 0 unspecified atom stereocenters. The lowest BCUT2D eigenvalue weighted by Gasteiger charge is -2.35. The van der Waals surface area contributed by atoms with E-state index in [-0.39, 0.29) is 17.4 Å². The molecule has 2 aromatic carbocycles. The SMILES string of the molecule is COc1ccc(N2CCN(C(=O)c3csc(C4CCN(C(=O)c5ccccc5C(F)(F)F)CC4)n3)CC2)cc1. The van der Waals surface area contributed by atoms with Crippen LogP contribution in [-0.4, -0.2) is 73.0 Å². The number of alkyl halides is 3. The van der Waals surface area contributed by atoms with Crippen molar-refractivity contribution >= 4 is 28.8 Å². The summed E-state index contributed by atoms with van der Waals surface area (Å²) >= 11 is 1.43. The van der Waals surface area contributed by atoms with E-state index in [1.54, 1.807) is 12.5 Å². The Morgan fingerprint density at radius 2 is 1.54 bits per heavy atom. The van der Waals surface area contributed by atoms with Gasteiger partial charge in [0.2, 0.25) is 0 Å². The summed E-state index contributed by atoms with van der Waals surface area (Å²) in [6, 6.07) is 12.8. The van der Waals surface area contributed by atoms with Crippen LogP contribution in [0.25, 0.3) is 0 Å². The number of thiazole rings is 1. The van der Waals surface area contributed by atoms with Gasteiger partial charge < -0.3 is 19.4 Å².